The fourth-order valence-electron chi connectivity index (χ4n) is 16.8. The summed E-state index contributed by atoms with van der Waals surface area (Å²) in [4.78, 5) is 62.5. The number of carbonyl (C=O) groups is 3. The molecule has 4 aromatic heterocycles. The molecule has 1 N–H and O–H groups in total. The lowest BCUT2D eigenvalue weighted by Gasteiger charge is -2.50. The first-order valence-electron chi connectivity index (χ1n) is 44.8. The van der Waals surface area contributed by atoms with E-state index in [-0.39, 0.29) is 50.7 Å². The van der Waals surface area contributed by atoms with Crippen molar-refractivity contribution in [3.63, 3.8) is 0 Å². The van der Waals surface area contributed by atoms with Gasteiger partial charge in [-0.1, -0.05) is 107 Å². The van der Waals surface area contributed by atoms with E-state index < -0.39 is 88.9 Å². The number of ether oxygens (including phenoxy) is 12. The molecule has 6 aliphatic heterocycles. The van der Waals surface area contributed by atoms with Crippen molar-refractivity contribution >= 4 is 107 Å². The number of carbonyl (C=O) groups excluding carboxylic acids is 3. The standard InChI is InChI=1S/2C24H38BrNO5Si.C22H36BrNO4Si.C17H20BrNO5.C10H18O/c2*1-10-24(12-11-13-29-19(24)15-30-32(8,9)23(4,5)6)22(31-17(3)27)20-21(28-7)16(2)18(25)14-26-20;1-9-22(20(25)18-19(26-6)15(2)16(23)13-24-18)11-10-12-27-17(22)14-28-29(7,8)21(3,4)5;1-4-17-6-5-7-23-12(17)9-19-8-11(18)14(21)15(22-3)13(19)16(17)24-10(2)20;1-3-6-9-7-5-8-11-10(9)4-2/h2*10,14,19,22H,1,11-13,15H2,2-9H3;9,13,17,20,25H,1,10-12,14H2,2-8H3;4,8,12,16H,1,5-7,9H2,2-3H3;6,10H,3-5,7-8H2,1-2H3/t19-,22?,24?;;17-,20?,22?;12-,16?,17+;10-/m1.111/s1. The summed E-state index contributed by atoms with van der Waals surface area (Å²) < 4.78 is 94.6. The number of pyridine rings is 4. The maximum atomic E-state index is 12.5. The van der Waals surface area contributed by atoms with Crippen molar-refractivity contribution in [3.8, 4) is 23.0 Å². The average Bonchev–Trinajstić information content (AvgIpc) is 0.676. The fourth-order valence-corrected chi connectivity index (χ4v) is 21.0. The van der Waals surface area contributed by atoms with Crippen LogP contribution in [0.1, 0.15) is 238 Å². The normalized spacial score (nSPS) is 24.8. The van der Waals surface area contributed by atoms with Gasteiger partial charge in [-0.05, 0) is 222 Å². The Balaban J connectivity index is 0.000000254. The molecule has 0 amide bonds. The van der Waals surface area contributed by atoms with Crippen LogP contribution in [-0.2, 0) is 72.1 Å². The molecule has 0 aliphatic carbocycles. The summed E-state index contributed by atoms with van der Waals surface area (Å²) in [6, 6.07) is 0. The first-order chi connectivity index (χ1) is 59.8. The van der Waals surface area contributed by atoms with Crippen molar-refractivity contribution in [2.75, 3.05) is 81.3 Å². The van der Waals surface area contributed by atoms with Gasteiger partial charge in [-0.25, -0.2) is 0 Å². The molecule has 6 aliphatic rings. The van der Waals surface area contributed by atoms with Crippen LogP contribution in [0.4, 0.5) is 0 Å². The summed E-state index contributed by atoms with van der Waals surface area (Å²) >= 11 is 13.8. The second kappa shape index (κ2) is 47.9. The maximum Gasteiger partial charge on any atom is 0.303 e. The Morgan fingerprint density at radius 2 is 0.898 bits per heavy atom. The van der Waals surface area contributed by atoms with E-state index in [0.29, 0.717) is 103 Å². The quantitative estimate of drug-likeness (QED) is 0.0239. The van der Waals surface area contributed by atoms with Crippen LogP contribution in [0.3, 0.4) is 0 Å². The molecule has 0 aromatic carbocycles. The number of halogens is 4. The highest BCUT2D eigenvalue weighted by atomic mass is 79.9. The number of nitrogens with zero attached hydrogens (tertiary/aromatic N) is 4. The van der Waals surface area contributed by atoms with Crippen molar-refractivity contribution in [1.82, 2.24) is 19.5 Å². The van der Waals surface area contributed by atoms with Gasteiger partial charge in [0.1, 0.15) is 46.1 Å². The van der Waals surface area contributed by atoms with Crippen LogP contribution in [0.2, 0.25) is 54.4 Å². The molecule has 0 saturated carbocycles. The van der Waals surface area contributed by atoms with Crippen molar-refractivity contribution in [1.29, 1.82) is 0 Å². The van der Waals surface area contributed by atoms with E-state index in [0.717, 1.165) is 101 Å². The number of aliphatic hydroxyl groups is 1. The van der Waals surface area contributed by atoms with Crippen molar-refractivity contribution in [3.05, 3.63) is 155 Å². The second-order valence-corrected chi connectivity index (χ2v) is 56.4. The number of hydrogen-bond donors (Lipinski definition) is 1. The highest BCUT2D eigenvalue weighted by Gasteiger charge is 2.57. The summed E-state index contributed by atoms with van der Waals surface area (Å²) in [5.41, 5.74) is 3.46. The number of esters is 3. The zero-order chi connectivity index (χ0) is 96.3. The lowest BCUT2D eigenvalue weighted by atomic mass is 9.68. The summed E-state index contributed by atoms with van der Waals surface area (Å²) in [6.07, 6.45) is 23.8. The van der Waals surface area contributed by atoms with Gasteiger partial charge in [0.05, 0.1) is 99.5 Å². The minimum atomic E-state index is -2.01. The molecule has 4 aromatic rings. The Morgan fingerprint density at radius 3 is 1.26 bits per heavy atom. The molecule has 10 heterocycles. The van der Waals surface area contributed by atoms with Gasteiger partial charge >= 0.3 is 17.9 Å². The molecular weight excluding hydrogens is 1940 g/mol. The highest BCUT2D eigenvalue weighted by Crippen LogP contribution is 2.57. The van der Waals surface area contributed by atoms with Gasteiger partial charge in [-0.15, -0.1) is 26.3 Å². The molecule has 10 rings (SSSR count). The number of methoxy groups -OCH3 is 4. The minimum absolute atomic E-state index is 0.0708. The zero-order valence-corrected chi connectivity index (χ0v) is 90.9. The molecule has 24 nitrogen and oxygen atoms in total. The number of fused-ring (bicyclic) bond motifs is 2. The Labute approximate surface area is 800 Å². The van der Waals surface area contributed by atoms with E-state index in [1.807, 2.05) is 43.6 Å². The number of allylic oxidation sites excluding steroid dienone is 1. The van der Waals surface area contributed by atoms with Crippen LogP contribution in [0.25, 0.3) is 0 Å². The average molecular weight is 2100 g/mol. The Bertz CT molecular complexity index is 4390. The van der Waals surface area contributed by atoms with Crippen molar-refractivity contribution in [2.24, 2.45) is 21.7 Å². The summed E-state index contributed by atoms with van der Waals surface area (Å²) in [7, 11) is 0.258. The number of hydrogen-bond acceptors (Lipinski definition) is 23. The van der Waals surface area contributed by atoms with E-state index in [1.165, 1.54) is 46.3 Å². The first kappa shape index (κ1) is 112. The summed E-state index contributed by atoms with van der Waals surface area (Å²) in [5.74, 6) is 0.730. The largest absolute Gasteiger partial charge is 0.494 e. The minimum Gasteiger partial charge on any atom is -0.494 e. The third-order valence-corrected chi connectivity index (χ3v) is 44.0. The molecule has 5 fully saturated rings. The predicted molar refractivity (Wildman–Crippen MR) is 527 cm³/mol. The van der Waals surface area contributed by atoms with Gasteiger partial charge in [-0.2, -0.15) is 0 Å². The molecule has 5 saturated heterocycles. The van der Waals surface area contributed by atoms with E-state index in [4.69, 9.17) is 70.1 Å². The van der Waals surface area contributed by atoms with E-state index in [2.05, 4.69) is 227 Å². The molecule has 0 bridgehead atoms. The molecule has 718 valence electrons. The van der Waals surface area contributed by atoms with Crippen LogP contribution in [0.15, 0.2) is 110 Å². The summed E-state index contributed by atoms with van der Waals surface area (Å²) in [5, 5.41) is 11.8. The molecular formula is C97H150Br4N4O20Si3. The van der Waals surface area contributed by atoms with Gasteiger partial charge in [0, 0.05) is 121 Å². The number of rotatable bonds is 28. The topological polar surface area (TPSA) is 271 Å². The Kier molecular flexibility index (Phi) is 41.8. The summed E-state index contributed by atoms with van der Waals surface area (Å²) in [6.45, 7) is 69.3. The SMILES string of the molecule is C=CC1(C(O)c2ncc(Br)c(C)c2OC)CCCO[C@@H]1CO[Si](C)(C)C(C)(C)C.C=CC1(C(OC(C)=O)c2ncc(Br)c(C)c2OC)CCCOC1CO[Si](C)(C)C(C)(C)C.C=CC1(C(OC(C)=O)c2ncc(Br)c(C)c2OC)CCCO[C@@H]1CO[Si](C)(C)C(C)(C)C.C=C[C@]12CCCO[C@@H]1Cn1cc(Br)c(=O)c(OC)c1C2OC(C)=O.CCC=C1CCCO[C@@H]1CC. The van der Waals surface area contributed by atoms with Crippen LogP contribution in [0.5, 0.6) is 23.0 Å². The Hall–Kier alpha value is -5.08. The molecule has 31 heteroatoms. The van der Waals surface area contributed by atoms with Crippen LogP contribution >= 0.6 is 63.7 Å². The van der Waals surface area contributed by atoms with Gasteiger partial charge in [0.25, 0.3) is 0 Å². The fraction of sp³-hybridized carbons (Fsp3) is 0.660. The molecule has 8 unspecified atom stereocenters. The van der Waals surface area contributed by atoms with Crippen LogP contribution in [0, 0.1) is 42.4 Å². The van der Waals surface area contributed by atoms with Crippen molar-refractivity contribution < 1.29 is 89.6 Å². The van der Waals surface area contributed by atoms with Gasteiger partial charge < -0.3 is 79.8 Å². The first-order valence-corrected chi connectivity index (χ1v) is 56.7. The van der Waals surface area contributed by atoms with Gasteiger partial charge in [0.15, 0.2) is 49.0 Å². The lowest BCUT2D eigenvalue weighted by molar-refractivity contribution is -0.176. The Morgan fingerprint density at radius 1 is 0.531 bits per heavy atom. The van der Waals surface area contributed by atoms with E-state index >= 15 is 0 Å². The molecule has 128 heavy (non-hydrogen) atoms. The van der Waals surface area contributed by atoms with Crippen molar-refractivity contribution in [2.45, 2.75) is 311 Å². The third kappa shape index (κ3) is 25.9. The maximum absolute atomic E-state index is 12.5. The van der Waals surface area contributed by atoms with Crippen LogP contribution in [-0.4, -0.2) is 179 Å². The van der Waals surface area contributed by atoms with Gasteiger partial charge in [0.2, 0.25) is 5.43 Å². The zero-order valence-electron chi connectivity index (χ0n) is 81.6. The van der Waals surface area contributed by atoms with E-state index in [9.17, 15) is 24.3 Å². The smallest absolute Gasteiger partial charge is 0.303 e. The number of aliphatic hydroxyl groups excluding tert-OH is 1. The molecule has 0 radical (unpaired) electrons. The van der Waals surface area contributed by atoms with E-state index in [1.54, 1.807) is 52.2 Å². The van der Waals surface area contributed by atoms with Gasteiger partial charge in [-0.3, -0.25) is 34.1 Å². The molecule has 0 spiro atoms. The van der Waals surface area contributed by atoms with Crippen LogP contribution < -0.4 is 24.4 Å². The number of aromatic nitrogens is 4. The predicted octanol–water partition coefficient (Wildman–Crippen LogP) is 23.3. The third-order valence-electron chi connectivity index (χ3n) is 27.6. The second-order valence-electron chi connectivity index (χ2n) is 38.6. The highest BCUT2D eigenvalue weighted by molar-refractivity contribution is 9.11. The lowest BCUT2D eigenvalue weighted by Crippen LogP contribution is -2.52. The molecule has 13 atom stereocenters. The monoisotopic (exact) mass is 2090 g/mol.